The lowest BCUT2D eigenvalue weighted by Crippen LogP contribution is -2.13. The summed E-state index contributed by atoms with van der Waals surface area (Å²) in [6.07, 6.45) is 3.98. The summed E-state index contributed by atoms with van der Waals surface area (Å²) in [5.41, 5.74) is 1.57. The van der Waals surface area contributed by atoms with Gasteiger partial charge in [-0.15, -0.1) is 11.3 Å². The highest BCUT2D eigenvalue weighted by molar-refractivity contribution is 7.13. The SMILES string of the molecule is CC(C)(C)CC(=O)c1csc(-c2ccncc2)n1. The second kappa shape index (κ2) is 4.98. The van der Waals surface area contributed by atoms with Crippen LogP contribution in [-0.4, -0.2) is 15.8 Å². The van der Waals surface area contributed by atoms with Gasteiger partial charge in [-0.3, -0.25) is 9.78 Å². The number of nitrogens with zero attached hydrogens (tertiary/aromatic N) is 2. The molecule has 0 saturated carbocycles. The molecule has 0 N–H and O–H groups in total. The third-order valence-electron chi connectivity index (χ3n) is 2.41. The maximum absolute atomic E-state index is 12.0. The van der Waals surface area contributed by atoms with Crippen molar-refractivity contribution in [3.05, 3.63) is 35.6 Å². The lowest BCUT2D eigenvalue weighted by molar-refractivity contribution is 0.0935. The Balaban J connectivity index is 2.19. The highest BCUT2D eigenvalue weighted by Gasteiger charge is 2.19. The van der Waals surface area contributed by atoms with Gasteiger partial charge in [-0.05, 0) is 17.5 Å². The van der Waals surface area contributed by atoms with E-state index in [-0.39, 0.29) is 11.2 Å². The Morgan fingerprint density at radius 2 is 1.94 bits per heavy atom. The van der Waals surface area contributed by atoms with Crippen molar-refractivity contribution < 1.29 is 4.79 Å². The average molecular weight is 260 g/mol. The van der Waals surface area contributed by atoms with Crippen LogP contribution >= 0.6 is 11.3 Å². The molecule has 18 heavy (non-hydrogen) atoms. The fourth-order valence-electron chi connectivity index (χ4n) is 1.60. The van der Waals surface area contributed by atoms with Gasteiger partial charge < -0.3 is 0 Å². The van der Waals surface area contributed by atoms with Crippen LogP contribution in [0, 0.1) is 5.41 Å². The summed E-state index contributed by atoms with van der Waals surface area (Å²) < 4.78 is 0. The summed E-state index contributed by atoms with van der Waals surface area (Å²) in [5.74, 6) is 0.110. The number of pyridine rings is 1. The number of aromatic nitrogens is 2. The minimum Gasteiger partial charge on any atom is -0.292 e. The molecule has 2 aromatic heterocycles. The number of carbonyl (C=O) groups excluding carboxylic acids is 1. The molecule has 94 valence electrons. The maximum Gasteiger partial charge on any atom is 0.182 e. The molecule has 0 unspecified atom stereocenters. The van der Waals surface area contributed by atoms with Crippen molar-refractivity contribution >= 4 is 17.1 Å². The van der Waals surface area contributed by atoms with Crippen molar-refractivity contribution in [2.75, 3.05) is 0 Å². The summed E-state index contributed by atoms with van der Waals surface area (Å²) in [4.78, 5) is 20.4. The molecule has 2 rings (SSSR count). The Morgan fingerprint density at radius 1 is 1.28 bits per heavy atom. The van der Waals surface area contributed by atoms with Crippen LogP contribution in [0.15, 0.2) is 29.9 Å². The van der Waals surface area contributed by atoms with E-state index in [1.54, 1.807) is 12.4 Å². The van der Waals surface area contributed by atoms with Crippen LogP contribution in [0.1, 0.15) is 37.7 Å². The standard InChI is InChI=1S/C14H16N2OS/c1-14(2,3)8-12(17)11-9-18-13(16-11)10-4-6-15-7-5-10/h4-7,9H,8H2,1-3H3. The predicted molar refractivity (Wildman–Crippen MR) is 73.7 cm³/mol. The molecule has 2 aromatic rings. The third-order valence-corrected chi connectivity index (χ3v) is 3.30. The van der Waals surface area contributed by atoms with E-state index in [9.17, 15) is 4.79 Å². The smallest absolute Gasteiger partial charge is 0.182 e. The van der Waals surface area contributed by atoms with Gasteiger partial charge in [0.2, 0.25) is 0 Å². The van der Waals surface area contributed by atoms with E-state index in [2.05, 4.69) is 30.7 Å². The monoisotopic (exact) mass is 260 g/mol. The molecule has 0 amide bonds. The molecule has 0 aliphatic rings. The Kier molecular flexibility index (Phi) is 3.57. The van der Waals surface area contributed by atoms with E-state index in [1.165, 1.54) is 11.3 Å². The Morgan fingerprint density at radius 3 is 2.56 bits per heavy atom. The lowest BCUT2D eigenvalue weighted by Gasteiger charge is -2.15. The molecule has 0 spiro atoms. The molecule has 3 nitrogen and oxygen atoms in total. The summed E-state index contributed by atoms with van der Waals surface area (Å²) in [6, 6.07) is 3.80. The fourth-order valence-corrected chi connectivity index (χ4v) is 2.43. The van der Waals surface area contributed by atoms with E-state index < -0.39 is 0 Å². The summed E-state index contributed by atoms with van der Waals surface area (Å²) in [7, 11) is 0. The van der Waals surface area contributed by atoms with Crippen molar-refractivity contribution in [3.63, 3.8) is 0 Å². The molecule has 0 radical (unpaired) electrons. The minimum absolute atomic E-state index is 0.00245. The highest BCUT2D eigenvalue weighted by Crippen LogP contribution is 2.26. The molecular formula is C14H16N2OS. The second-order valence-electron chi connectivity index (χ2n) is 5.43. The summed E-state index contributed by atoms with van der Waals surface area (Å²) in [5, 5.41) is 2.71. The highest BCUT2D eigenvalue weighted by atomic mass is 32.1. The second-order valence-corrected chi connectivity index (χ2v) is 6.29. The van der Waals surface area contributed by atoms with Crippen LogP contribution in [-0.2, 0) is 0 Å². The van der Waals surface area contributed by atoms with Crippen LogP contribution in [0.2, 0.25) is 0 Å². The quantitative estimate of drug-likeness (QED) is 0.788. The van der Waals surface area contributed by atoms with Crippen molar-refractivity contribution in [1.29, 1.82) is 0 Å². The van der Waals surface area contributed by atoms with Gasteiger partial charge in [-0.2, -0.15) is 0 Å². The molecular weight excluding hydrogens is 244 g/mol. The van der Waals surface area contributed by atoms with E-state index in [1.807, 2.05) is 17.5 Å². The molecule has 0 saturated heterocycles. The van der Waals surface area contributed by atoms with Crippen molar-refractivity contribution in [2.24, 2.45) is 5.41 Å². The normalized spacial score (nSPS) is 11.5. The first kappa shape index (κ1) is 12.9. The molecule has 0 aliphatic carbocycles. The number of ketones is 1. The molecule has 0 fully saturated rings. The third kappa shape index (κ3) is 3.23. The Labute approximate surface area is 111 Å². The van der Waals surface area contributed by atoms with Gasteiger partial charge in [0.1, 0.15) is 10.7 Å². The van der Waals surface area contributed by atoms with Gasteiger partial charge in [0.15, 0.2) is 5.78 Å². The van der Waals surface area contributed by atoms with E-state index in [4.69, 9.17) is 0 Å². The Hall–Kier alpha value is -1.55. The van der Waals surface area contributed by atoms with Crippen molar-refractivity contribution in [3.8, 4) is 10.6 Å². The first-order valence-corrected chi connectivity index (χ1v) is 6.73. The van der Waals surface area contributed by atoms with Crippen LogP contribution in [0.5, 0.6) is 0 Å². The first-order valence-electron chi connectivity index (χ1n) is 5.85. The van der Waals surface area contributed by atoms with Crippen LogP contribution in [0.3, 0.4) is 0 Å². The lowest BCUT2D eigenvalue weighted by atomic mass is 9.89. The number of carbonyl (C=O) groups is 1. The van der Waals surface area contributed by atoms with Gasteiger partial charge in [0.25, 0.3) is 0 Å². The molecule has 0 aliphatic heterocycles. The zero-order chi connectivity index (χ0) is 13.2. The van der Waals surface area contributed by atoms with Gasteiger partial charge in [0.05, 0.1) is 0 Å². The van der Waals surface area contributed by atoms with E-state index in [0.717, 1.165) is 10.6 Å². The molecule has 4 heteroatoms. The molecule has 0 aromatic carbocycles. The first-order chi connectivity index (χ1) is 8.46. The van der Waals surface area contributed by atoms with Crippen molar-refractivity contribution in [1.82, 2.24) is 9.97 Å². The van der Waals surface area contributed by atoms with Gasteiger partial charge in [0, 0.05) is 29.8 Å². The number of hydrogen-bond acceptors (Lipinski definition) is 4. The summed E-state index contributed by atoms with van der Waals surface area (Å²) >= 11 is 1.50. The molecule has 0 bridgehead atoms. The largest absolute Gasteiger partial charge is 0.292 e. The van der Waals surface area contributed by atoms with Crippen LogP contribution in [0.4, 0.5) is 0 Å². The van der Waals surface area contributed by atoms with E-state index >= 15 is 0 Å². The predicted octanol–water partition coefficient (Wildman–Crippen LogP) is 3.82. The Bertz CT molecular complexity index is 540. The topological polar surface area (TPSA) is 42.9 Å². The minimum atomic E-state index is -0.00245. The summed E-state index contributed by atoms with van der Waals surface area (Å²) in [6.45, 7) is 6.17. The number of hydrogen-bond donors (Lipinski definition) is 0. The van der Waals surface area contributed by atoms with Crippen LogP contribution in [0.25, 0.3) is 10.6 Å². The number of thiazole rings is 1. The zero-order valence-corrected chi connectivity index (χ0v) is 11.6. The number of rotatable bonds is 3. The van der Waals surface area contributed by atoms with Gasteiger partial charge >= 0.3 is 0 Å². The van der Waals surface area contributed by atoms with Gasteiger partial charge in [-0.1, -0.05) is 20.8 Å². The zero-order valence-electron chi connectivity index (χ0n) is 10.8. The van der Waals surface area contributed by atoms with Crippen molar-refractivity contribution in [2.45, 2.75) is 27.2 Å². The number of Topliss-reactive ketones (excluding diaryl/α,β-unsaturated/α-hetero) is 1. The maximum atomic E-state index is 12.0. The fraction of sp³-hybridized carbons (Fsp3) is 0.357. The average Bonchev–Trinajstić information content (AvgIpc) is 2.77. The molecule has 0 atom stereocenters. The van der Waals surface area contributed by atoms with Crippen LogP contribution < -0.4 is 0 Å². The van der Waals surface area contributed by atoms with Gasteiger partial charge in [-0.25, -0.2) is 4.98 Å². The van der Waals surface area contributed by atoms with E-state index in [0.29, 0.717) is 12.1 Å². The molecule has 2 heterocycles.